The van der Waals surface area contributed by atoms with Crippen molar-refractivity contribution >= 4 is 11.9 Å². The first-order chi connectivity index (χ1) is 15.0. The van der Waals surface area contributed by atoms with Crippen LogP contribution in [0.4, 0.5) is 0 Å². The summed E-state index contributed by atoms with van der Waals surface area (Å²) in [5.41, 5.74) is 3.66. The number of nitrogens with one attached hydrogen (secondary N) is 1. The molecule has 1 atom stereocenters. The van der Waals surface area contributed by atoms with Crippen molar-refractivity contribution in [3.8, 4) is 22.5 Å². The third-order valence-electron chi connectivity index (χ3n) is 5.27. The molecule has 0 aliphatic heterocycles. The van der Waals surface area contributed by atoms with Crippen LogP contribution in [-0.2, 0) is 16.1 Å². The maximum Gasteiger partial charge on any atom is 0.326 e. The van der Waals surface area contributed by atoms with Gasteiger partial charge in [-0.25, -0.2) is 4.79 Å². The minimum absolute atomic E-state index is 0.130. The number of rotatable bonds is 10. The third kappa shape index (κ3) is 5.53. The number of hydrogen-bond donors (Lipinski definition) is 2. The predicted molar refractivity (Wildman–Crippen MR) is 117 cm³/mol. The largest absolute Gasteiger partial charge is 0.480 e. The summed E-state index contributed by atoms with van der Waals surface area (Å²) < 4.78 is 0. The number of aromatic nitrogens is 4. The van der Waals surface area contributed by atoms with Crippen molar-refractivity contribution in [3.05, 3.63) is 54.1 Å². The van der Waals surface area contributed by atoms with E-state index in [2.05, 4.69) is 27.5 Å². The Bertz CT molecular complexity index is 1000. The molecule has 3 rings (SSSR count). The Morgan fingerprint density at radius 3 is 2.39 bits per heavy atom. The van der Waals surface area contributed by atoms with Gasteiger partial charge in [0, 0.05) is 18.5 Å². The summed E-state index contributed by atoms with van der Waals surface area (Å²) in [4.78, 5) is 25.7. The van der Waals surface area contributed by atoms with Gasteiger partial charge in [-0.2, -0.15) is 5.21 Å². The van der Waals surface area contributed by atoms with Crippen molar-refractivity contribution < 1.29 is 14.7 Å². The number of benzene rings is 2. The van der Waals surface area contributed by atoms with E-state index in [4.69, 9.17) is 0 Å². The second-order valence-corrected chi connectivity index (χ2v) is 7.47. The number of carbonyl (C=O) groups excluding carboxylic acids is 1. The molecular weight excluding hydrogens is 394 g/mol. The van der Waals surface area contributed by atoms with E-state index in [1.165, 1.54) is 4.90 Å². The lowest BCUT2D eigenvalue weighted by atomic mass is 9.98. The van der Waals surface area contributed by atoms with E-state index in [0.29, 0.717) is 12.2 Å². The van der Waals surface area contributed by atoms with Crippen molar-refractivity contribution in [1.82, 2.24) is 25.5 Å². The summed E-state index contributed by atoms with van der Waals surface area (Å²) in [7, 11) is 0. The molecule has 31 heavy (non-hydrogen) atoms. The molecule has 0 fully saturated rings. The van der Waals surface area contributed by atoms with Crippen LogP contribution in [0.5, 0.6) is 0 Å². The van der Waals surface area contributed by atoms with Gasteiger partial charge >= 0.3 is 5.97 Å². The van der Waals surface area contributed by atoms with Crippen LogP contribution < -0.4 is 0 Å². The Balaban J connectivity index is 1.80. The van der Waals surface area contributed by atoms with Crippen LogP contribution in [0.2, 0.25) is 0 Å². The van der Waals surface area contributed by atoms with Gasteiger partial charge in [0.1, 0.15) is 6.04 Å². The van der Waals surface area contributed by atoms with E-state index in [-0.39, 0.29) is 12.5 Å². The molecule has 1 amide bonds. The Kier molecular flexibility index (Phi) is 7.48. The molecule has 0 aliphatic carbocycles. The molecule has 8 nitrogen and oxygen atoms in total. The minimum atomic E-state index is -1.01. The molecule has 0 bridgehead atoms. The summed E-state index contributed by atoms with van der Waals surface area (Å²) in [5.74, 6) is -0.622. The third-order valence-corrected chi connectivity index (χ3v) is 5.27. The second-order valence-electron chi connectivity index (χ2n) is 7.47. The SMILES string of the molecule is CCCCCC(=O)N(Cc1ccc(-c2ccccc2-c2nn[nH]n2)cc1)C(C)C(=O)O. The van der Waals surface area contributed by atoms with Gasteiger partial charge in [0.25, 0.3) is 0 Å². The van der Waals surface area contributed by atoms with Gasteiger partial charge in [-0.15, -0.1) is 10.2 Å². The highest BCUT2D eigenvalue weighted by Gasteiger charge is 2.25. The molecule has 2 aromatic carbocycles. The van der Waals surface area contributed by atoms with Crippen LogP contribution >= 0.6 is 0 Å². The van der Waals surface area contributed by atoms with E-state index in [1.54, 1.807) is 6.92 Å². The number of amides is 1. The van der Waals surface area contributed by atoms with Crippen LogP contribution in [0.1, 0.15) is 45.1 Å². The number of nitrogens with zero attached hydrogens (tertiary/aromatic N) is 4. The highest BCUT2D eigenvalue weighted by Crippen LogP contribution is 2.30. The number of unbranched alkanes of at least 4 members (excludes halogenated alkanes) is 2. The molecule has 8 heteroatoms. The first kappa shape index (κ1) is 22.1. The highest BCUT2D eigenvalue weighted by molar-refractivity contribution is 5.83. The molecule has 0 aliphatic rings. The highest BCUT2D eigenvalue weighted by atomic mass is 16.4. The Labute approximate surface area is 181 Å². The van der Waals surface area contributed by atoms with E-state index >= 15 is 0 Å². The second kappa shape index (κ2) is 10.5. The minimum Gasteiger partial charge on any atom is -0.480 e. The number of carboxylic acid groups (broad SMARTS) is 1. The van der Waals surface area contributed by atoms with Crippen molar-refractivity contribution in [2.75, 3.05) is 0 Å². The van der Waals surface area contributed by atoms with Crippen LogP contribution in [0.25, 0.3) is 22.5 Å². The fraction of sp³-hybridized carbons (Fsp3) is 0.348. The van der Waals surface area contributed by atoms with Gasteiger partial charge in [0.15, 0.2) is 0 Å². The summed E-state index contributed by atoms with van der Waals surface area (Å²) in [5, 5.41) is 23.7. The number of carbonyl (C=O) groups is 2. The zero-order valence-electron chi connectivity index (χ0n) is 17.8. The number of hydrogen-bond acceptors (Lipinski definition) is 5. The molecule has 162 valence electrons. The molecule has 1 heterocycles. The Morgan fingerprint density at radius 1 is 1.06 bits per heavy atom. The first-order valence-corrected chi connectivity index (χ1v) is 10.5. The average molecular weight is 422 g/mol. The maximum atomic E-state index is 12.7. The molecule has 0 spiro atoms. The molecule has 0 radical (unpaired) electrons. The summed E-state index contributed by atoms with van der Waals surface area (Å²) in [6, 6.07) is 14.6. The van der Waals surface area contributed by atoms with Crippen LogP contribution in [-0.4, -0.2) is 48.5 Å². The fourth-order valence-corrected chi connectivity index (χ4v) is 3.44. The fourth-order valence-electron chi connectivity index (χ4n) is 3.44. The zero-order chi connectivity index (χ0) is 22.2. The van der Waals surface area contributed by atoms with Gasteiger partial charge in [0.05, 0.1) is 0 Å². The summed E-state index contributed by atoms with van der Waals surface area (Å²) >= 11 is 0. The van der Waals surface area contributed by atoms with Gasteiger partial charge in [-0.3, -0.25) is 4.79 Å². The Morgan fingerprint density at radius 2 is 1.77 bits per heavy atom. The smallest absolute Gasteiger partial charge is 0.326 e. The number of tetrazole rings is 1. The van der Waals surface area contributed by atoms with Crippen LogP contribution in [0, 0.1) is 0 Å². The number of H-pyrrole nitrogens is 1. The lowest BCUT2D eigenvalue weighted by molar-refractivity contribution is -0.150. The first-order valence-electron chi connectivity index (χ1n) is 10.5. The lowest BCUT2D eigenvalue weighted by Crippen LogP contribution is -2.42. The number of aromatic amines is 1. The summed E-state index contributed by atoms with van der Waals surface area (Å²) in [6.45, 7) is 3.88. The average Bonchev–Trinajstić information content (AvgIpc) is 3.32. The predicted octanol–water partition coefficient (Wildman–Crippen LogP) is 3.92. The Hall–Kier alpha value is -3.55. The standard InChI is InChI=1S/C23H27N5O3/c1-3-4-5-10-21(29)28(16(2)23(30)31)15-17-11-13-18(14-12-17)19-8-6-7-9-20(19)22-24-26-27-25-22/h6-9,11-14,16H,3-5,10,15H2,1-2H3,(H,30,31)(H,24,25,26,27). The van der Waals surface area contributed by atoms with Crippen molar-refractivity contribution in [1.29, 1.82) is 0 Å². The van der Waals surface area contributed by atoms with E-state index in [0.717, 1.165) is 41.5 Å². The van der Waals surface area contributed by atoms with Gasteiger partial charge in [-0.1, -0.05) is 68.3 Å². The quantitative estimate of drug-likeness (QED) is 0.480. The molecular formula is C23H27N5O3. The molecule has 2 N–H and O–H groups in total. The molecule has 0 saturated carbocycles. The molecule has 0 saturated heterocycles. The van der Waals surface area contributed by atoms with Gasteiger partial charge in [0.2, 0.25) is 11.7 Å². The molecule has 1 unspecified atom stereocenters. The van der Waals surface area contributed by atoms with E-state index in [9.17, 15) is 14.7 Å². The van der Waals surface area contributed by atoms with Crippen LogP contribution in [0.3, 0.4) is 0 Å². The molecule has 1 aromatic heterocycles. The van der Waals surface area contributed by atoms with Crippen LogP contribution in [0.15, 0.2) is 48.5 Å². The van der Waals surface area contributed by atoms with Crippen molar-refractivity contribution in [2.45, 2.75) is 52.1 Å². The molecule has 3 aromatic rings. The monoisotopic (exact) mass is 421 g/mol. The van der Waals surface area contributed by atoms with E-state index < -0.39 is 12.0 Å². The van der Waals surface area contributed by atoms with Gasteiger partial charge < -0.3 is 10.0 Å². The topological polar surface area (TPSA) is 112 Å². The zero-order valence-corrected chi connectivity index (χ0v) is 17.8. The van der Waals surface area contributed by atoms with E-state index in [1.807, 2.05) is 48.5 Å². The van der Waals surface area contributed by atoms with Crippen molar-refractivity contribution in [3.63, 3.8) is 0 Å². The van der Waals surface area contributed by atoms with Gasteiger partial charge in [-0.05, 0) is 35.2 Å². The van der Waals surface area contributed by atoms with Crippen molar-refractivity contribution in [2.24, 2.45) is 0 Å². The number of carboxylic acids is 1. The number of aliphatic carboxylic acids is 1. The normalized spacial score (nSPS) is 11.8. The summed E-state index contributed by atoms with van der Waals surface area (Å²) in [6.07, 6.45) is 3.09. The maximum absolute atomic E-state index is 12.7. The lowest BCUT2D eigenvalue weighted by Gasteiger charge is -2.27.